The molecule has 3 aliphatic heterocycles. The smallest absolute Gasteiger partial charge is 0.231 e. The van der Waals surface area contributed by atoms with Crippen LogP contribution in [0.15, 0.2) is 118 Å². The molecule has 9 heteroatoms. The average molecular weight is 592 g/mol. The first-order valence-corrected chi connectivity index (χ1v) is 16.5. The third kappa shape index (κ3) is 4.30. The molecule has 0 bridgehead atoms. The van der Waals surface area contributed by atoms with Gasteiger partial charge in [-0.1, -0.05) is 62.4 Å². The van der Waals surface area contributed by atoms with Crippen LogP contribution < -0.4 is 24.2 Å². The van der Waals surface area contributed by atoms with Crippen LogP contribution in [-0.4, -0.2) is 26.3 Å². The summed E-state index contributed by atoms with van der Waals surface area (Å²) in [5.74, 6) is 1.47. The first-order valence-electron chi connectivity index (χ1n) is 13.8. The summed E-state index contributed by atoms with van der Waals surface area (Å²) in [6, 6.07) is 32.5. The van der Waals surface area contributed by atoms with E-state index in [1.165, 1.54) is 11.3 Å². The zero-order valence-corrected chi connectivity index (χ0v) is 25.3. The second kappa shape index (κ2) is 10.2. The molecule has 3 heterocycles. The minimum Gasteiger partial charge on any atom is -0.454 e. The highest BCUT2D eigenvalue weighted by Crippen LogP contribution is 2.65. The molecule has 210 valence electrons. The van der Waals surface area contributed by atoms with Gasteiger partial charge in [0.15, 0.2) is 17.8 Å². The Morgan fingerprint density at radius 3 is 2.50 bits per heavy atom. The number of likely N-dealkylation sites (N-methyl/N-ethyl adjacent to an activating group) is 1. The molecule has 3 aliphatic rings. The van der Waals surface area contributed by atoms with E-state index in [0.29, 0.717) is 0 Å². The van der Waals surface area contributed by atoms with Crippen LogP contribution in [0.4, 0.5) is 22.7 Å². The highest BCUT2D eigenvalue weighted by Gasteiger charge is 2.46. The molecular weight excluding hydrogens is 561 g/mol. The van der Waals surface area contributed by atoms with Crippen LogP contribution in [0.25, 0.3) is 0 Å². The van der Waals surface area contributed by atoms with Gasteiger partial charge in [-0.25, -0.2) is 4.78 Å². The Labute approximate surface area is 250 Å². The van der Waals surface area contributed by atoms with Crippen molar-refractivity contribution in [3.05, 3.63) is 119 Å². The van der Waals surface area contributed by atoms with Crippen molar-refractivity contribution < 1.29 is 9.47 Å². The van der Waals surface area contributed by atoms with E-state index in [1.54, 1.807) is 0 Å². The number of fused-ring (bicyclic) bond motifs is 2. The predicted octanol–water partition coefficient (Wildman–Crippen LogP) is 8.03. The van der Waals surface area contributed by atoms with Gasteiger partial charge < -0.3 is 19.5 Å². The van der Waals surface area contributed by atoms with Gasteiger partial charge in [0.25, 0.3) is 0 Å². The van der Waals surface area contributed by atoms with Crippen LogP contribution in [-0.2, 0) is 17.2 Å². The zero-order valence-electron chi connectivity index (χ0n) is 23.6. The number of allylic oxidation sites excluding steroid dienone is 2. The SMILES string of the molecule is CN1/C(=C2/C=NN(c3ccccc3)P2(=S)Nc2ccccc2N=Cc2ccc3c(c2)OCO3)C(C)(C)c2ccccc21. The van der Waals surface area contributed by atoms with E-state index in [4.69, 9.17) is 31.4 Å². The van der Waals surface area contributed by atoms with Crippen LogP contribution in [0.3, 0.4) is 0 Å². The lowest BCUT2D eigenvalue weighted by Gasteiger charge is -2.34. The second-order valence-electron chi connectivity index (χ2n) is 10.9. The molecule has 0 saturated carbocycles. The van der Waals surface area contributed by atoms with Gasteiger partial charge in [0.05, 0.1) is 28.6 Å². The summed E-state index contributed by atoms with van der Waals surface area (Å²) in [6.07, 6.45) is 1.05. The van der Waals surface area contributed by atoms with Crippen molar-refractivity contribution in [2.24, 2.45) is 10.1 Å². The van der Waals surface area contributed by atoms with Gasteiger partial charge in [0.2, 0.25) is 6.79 Å². The number of nitrogens with zero attached hydrogens (tertiary/aromatic N) is 4. The van der Waals surface area contributed by atoms with Crippen LogP contribution >= 0.6 is 6.34 Å². The molecule has 1 N–H and O–H groups in total. The van der Waals surface area contributed by atoms with E-state index in [-0.39, 0.29) is 12.2 Å². The summed E-state index contributed by atoms with van der Waals surface area (Å²) in [6.45, 7) is 4.77. The normalized spacial score (nSPS) is 21.8. The van der Waals surface area contributed by atoms with Crippen molar-refractivity contribution in [3.63, 3.8) is 0 Å². The Bertz CT molecular complexity index is 1840. The summed E-state index contributed by atoms with van der Waals surface area (Å²) in [5.41, 5.74) is 6.85. The van der Waals surface area contributed by atoms with Crippen molar-refractivity contribution in [1.82, 2.24) is 0 Å². The largest absolute Gasteiger partial charge is 0.454 e. The minimum atomic E-state index is -2.74. The molecule has 0 fully saturated rings. The molecule has 7 rings (SSSR count). The Kier molecular flexibility index (Phi) is 6.41. The number of ether oxygens (including phenoxy) is 2. The maximum absolute atomic E-state index is 6.70. The summed E-state index contributed by atoms with van der Waals surface area (Å²) >= 11 is 6.70. The molecule has 4 aromatic rings. The average Bonchev–Trinajstić information content (AvgIpc) is 3.66. The number of para-hydroxylation sites is 4. The van der Waals surface area contributed by atoms with E-state index >= 15 is 0 Å². The van der Waals surface area contributed by atoms with Crippen molar-refractivity contribution in [2.45, 2.75) is 19.3 Å². The number of hydrogen-bond acceptors (Lipinski definition) is 6. The highest BCUT2D eigenvalue weighted by atomic mass is 32.4. The van der Waals surface area contributed by atoms with Gasteiger partial charge in [-0.15, -0.1) is 0 Å². The van der Waals surface area contributed by atoms with Crippen molar-refractivity contribution in [1.29, 1.82) is 0 Å². The van der Waals surface area contributed by atoms with E-state index < -0.39 is 6.34 Å². The first-order chi connectivity index (χ1) is 20.4. The van der Waals surface area contributed by atoms with Crippen molar-refractivity contribution >= 4 is 53.3 Å². The zero-order chi connectivity index (χ0) is 28.9. The Morgan fingerprint density at radius 1 is 0.929 bits per heavy atom. The fourth-order valence-corrected chi connectivity index (χ4v) is 9.52. The van der Waals surface area contributed by atoms with Crippen LogP contribution in [0.1, 0.15) is 25.0 Å². The van der Waals surface area contributed by atoms with E-state index in [2.05, 4.69) is 67.3 Å². The standard InChI is InChI=1S/C33H30N5O2PS/c1-33(2)25-13-7-10-16-28(25)37(3)32(33)31-21-35-38(24-11-5-4-6-12-24)41(31,42)36-27-15-9-8-14-26(27)34-20-23-17-18-29-30(19-23)40-22-39-29/h4-21H,22H2,1-3H3,(H,36,42)/b32-31-,34-20?. The molecule has 0 amide bonds. The molecule has 0 aromatic heterocycles. The van der Waals surface area contributed by atoms with Gasteiger partial charge in [-0.3, -0.25) is 4.99 Å². The van der Waals surface area contributed by atoms with Gasteiger partial charge in [0.1, 0.15) is 0 Å². The first kappa shape index (κ1) is 26.5. The van der Waals surface area contributed by atoms with E-state index in [9.17, 15) is 0 Å². The number of rotatable bonds is 5. The molecular formula is C33H30N5O2PS. The van der Waals surface area contributed by atoms with Crippen molar-refractivity contribution in [3.8, 4) is 11.5 Å². The maximum Gasteiger partial charge on any atom is 0.231 e. The monoisotopic (exact) mass is 591 g/mol. The molecule has 7 nitrogen and oxygen atoms in total. The van der Waals surface area contributed by atoms with Gasteiger partial charge in [-0.2, -0.15) is 5.10 Å². The van der Waals surface area contributed by atoms with Gasteiger partial charge in [0, 0.05) is 30.1 Å². The summed E-state index contributed by atoms with van der Waals surface area (Å²) in [5, 5.41) is 9.78. The Morgan fingerprint density at radius 2 is 1.67 bits per heavy atom. The molecule has 0 saturated heterocycles. The molecule has 0 aliphatic carbocycles. The number of benzene rings is 4. The number of aliphatic imine (C=N–C) groups is 1. The topological polar surface area (TPSA) is 61.7 Å². The van der Waals surface area contributed by atoms with Gasteiger partial charge >= 0.3 is 0 Å². The Balaban J connectivity index is 1.32. The molecule has 1 atom stereocenters. The van der Waals surface area contributed by atoms with E-state index in [1.807, 2.05) is 77.9 Å². The van der Waals surface area contributed by atoms with Crippen LogP contribution in [0.5, 0.6) is 11.5 Å². The van der Waals surface area contributed by atoms with E-state index in [0.717, 1.165) is 45.1 Å². The van der Waals surface area contributed by atoms with Crippen LogP contribution in [0.2, 0.25) is 0 Å². The number of hydrazone groups is 1. The minimum absolute atomic E-state index is 0.238. The van der Waals surface area contributed by atoms with Gasteiger partial charge in [-0.05, 0) is 71.5 Å². The third-order valence-electron chi connectivity index (χ3n) is 7.90. The quantitative estimate of drug-likeness (QED) is 0.187. The Hall–Kier alpha value is -4.39. The molecule has 0 spiro atoms. The predicted molar refractivity (Wildman–Crippen MR) is 176 cm³/mol. The highest BCUT2D eigenvalue weighted by molar-refractivity contribution is 8.18. The summed E-state index contributed by atoms with van der Waals surface area (Å²) < 4.78 is 13.0. The lowest BCUT2D eigenvalue weighted by molar-refractivity contribution is 0.174. The fourth-order valence-electron chi connectivity index (χ4n) is 5.90. The summed E-state index contributed by atoms with van der Waals surface area (Å²) in [7, 11) is 2.12. The molecule has 0 radical (unpaired) electrons. The molecule has 42 heavy (non-hydrogen) atoms. The second-order valence-corrected chi connectivity index (χ2v) is 14.7. The summed E-state index contributed by atoms with van der Waals surface area (Å²) in [4.78, 5) is 7.15. The molecule has 4 aromatic carbocycles. The maximum atomic E-state index is 6.70. The molecule has 1 unspecified atom stereocenters. The van der Waals surface area contributed by atoms with Crippen molar-refractivity contribution in [2.75, 3.05) is 28.6 Å². The lowest BCUT2D eigenvalue weighted by atomic mass is 9.84. The van der Waals surface area contributed by atoms with Crippen LogP contribution in [0, 0.1) is 0 Å². The number of hydrogen-bond donors (Lipinski definition) is 1. The fraction of sp³-hybridized carbons (Fsp3) is 0.152. The lowest BCUT2D eigenvalue weighted by Crippen LogP contribution is -2.26. The third-order valence-corrected chi connectivity index (χ3v) is 11.6. The number of nitrogens with one attached hydrogen (secondary N) is 1. The number of anilines is 3.